The Bertz CT molecular complexity index is 365. The number of rotatable bonds is 7. The van der Waals surface area contributed by atoms with Gasteiger partial charge >= 0.3 is 5.97 Å². The summed E-state index contributed by atoms with van der Waals surface area (Å²) in [5.74, 6) is -0.126. The van der Waals surface area contributed by atoms with Crippen LogP contribution in [0.15, 0.2) is 5.38 Å². The fourth-order valence-electron chi connectivity index (χ4n) is 1.50. The van der Waals surface area contributed by atoms with E-state index < -0.39 is 5.97 Å². The maximum absolute atomic E-state index is 10.5. The molecule has 0 spiro atoms. The first-order valence-corrected chi connectivity index (χ1v) is 6.78. The summed E-state index contributed by atoms with van der Waals surface area (Å²) < 4.78 is 0. The fraction of sp³-hybridized carbons (Fsp3) is 0.667. The molecule has 1 unspecified atom stereocenters. The Balaban J connectivity index is 2.51. The van der Waals surface area contributed by atoms with Crippen molar-refractivity contribution in [2.45, 2.75) is 33.1 Å². The number of nitrogens with zero attached hydrogens (tertiary/aromatic N) is 2. The Morgan fingerprint density at radius 1 is 1.65 bits per heavy atom. The summed E-state index contributed by atoms with van der Waals surface area (Å²) in [6, 6.07) is 0. The molecule has 0 saturated heterocycles. The molecule has 4 nitrogen and oxygen atoms in total. The molecule has 0 amide bonds. The second-order valence-electron chi connectivity index (χ2n) is 4.41. The quantitative estimate of drug-likeness (QED) is 0.815. The number of carboxylic acids is 1. The zero-order chi connectivity index (χ0) is 12.8. The van der Waals surface area contributed by atoms with Crippen LogP contribution in [0.4, 0.5) is 5.13 Å². The van der Waals surface area contributed by atoms with Crippen LogP contribution in [-0.4, -0.2) is 29.7 Å². The number of aryl methyl sites for hydroxylation is 1. The predicted molar refractivity (Wildman–Crippen MR) is 70.8 cm³/mol. The number of carboxylic acid groups (broad SMARTS) is 1. The zero-order valence-corrected chi connectivity index (χ0v) is 11.5. The van der Waals surface area contributed by atoms with E-state index in [0.717, 1.165) is 23.8 Å². The van der Waals surface area contributed by atoms with E-state index in [1.165, 1.54) is 0 Å². The van der Waals surface area contributed by atoms with Gasteiger partial charge in [0, 0.05) is 25.4 Å². The van der Waals surface area contributed by atoms with Crippen LogP contribution in [0.25, 0.3) is 0 Å². The Labute approximate surface area is 106 Å². The molecule has 0 saturated carbocycles. The van der Waals surface area contributed by atoms with Crippen molar-refractivity contribution in [2.75, 3.05) is 18.5 Å². The third-order valence-electron chi connectivity index (χ3n) is 2.74. The largest absolute Gasteiger partial charge is 0.481 e. The van der Waals surface area contributed by atoms with Gasteiger partial charge in [0.2, 0.25) is 0 Å². The summed E-state index contributed by atoms with van der Waals surface area (Å²) in [5, 5.41) is 11.5. The Morgan fingerprint density at radius 2 is 2.35 bits per heavy atom. The number of aliphatic carboxylic acids is 1. The highest BCUT2D eigenvalue weighted by molar-refractivity contribution is 7.13. The molecular weight excluding hydrogens is 236 g/mol. The molecule has 1 rings (SSSR count). The van der Waals surface area contributed by atoms with Crippen molar-refractivity contribution in [3.8, 4) is 0 Å². The monoisotopic (exact) mass is 256 g/mol. The van der Waals surface area contributed by atoms with Crippen LogP contribution in [0.3, 0.4) is 0 Å². The normalized spacial score (nSPS) is 12.4. The third-order valence-corrected chi connectivity index (χ3v) is 3.75. The van der Waals surface area contributed by atoms with Crippen molar-refractivity contribution < 1.29 is 9.90 Å². The topological polar surface area (TPSA) is 53.4 Å². The summed E-state index contributed by atoms with van der Waals surface area (Å²) in [4.78, 5) is 17.1. The minimum Gasteiger partial charge on any atom is -0.481 e. The van der Waals surface area contributed by atoms with Crippen molar-refractivity contribution in [1.82, 2.24) is 4.98 Å². The van der Waals surface area contributed by atoms with E-state index >= 15 is 0 Å². The van der Waals surface area contributed by atoms with E-state index in [4.69, 9.17) is 5.11 Å². The molecule has 0 aliphatic rings. The van der Waals surface area contributed by atoms with E-state index in [1.807, 2.05) is 12.4 Å². The Morgan fingerprint density at radius 3 is 2.94 bits per heavy atom. The van der Waals surface area contributed by atoms with Crippen molar-refractivity contribution in [1.29, 1.82) is 0 Å². The smallest absolute Gasteiger partial charge is 0.303 e. The first kappa shape index (κ1) is 14.0. The van der Waals surface area contributed by atoms with Crippen molar-refractivity contribution in [2.24, 2.45) is 5.92 Å². The molecule has 17 heavy (non-hydrogen) atoms. The zero-order valence-electron chi connectivity index (χ0n) is 10.6. The molecule has 1 N–H and O–H groups in total. The molecule has 1 aromatic rings. The number of anilines is 1. The van der Waals surface area contributed by atoms with Gasteiger partial charge in [0.05, 0.1) is 12.1 Å². The second-order valence-corrected chi connectivity index (χ2v) is 5.25. The highest BCUT2D eigenvalue weighted by Gasteiger charge is 2.10. The van der Waals surface area contributed by atoms with E-state index in [9.17, 15) is 4.79 Å². The number of aromatic nitrogens is 1. The predicted octanol–water partition coefficient (Wildman–Crippen LogP) is 2.64. The van der Waals surface area contributed by atoms with E-state index in [-0.39, 0.29) is 6.42 Å². The molecular formula is C12H20N2O2S. The maximum atomic E-state index is 10.5. The minimum absolute atomic E-state index is 0.151. The number of carbonyl (C=O) groups is 1. The summed E-state index contributed by atoms with van der Waals surface area (Å²) in [7, 11) is 2.03. The van der Waals surface area contributed by atoms with Gasteiger partial charge in [-0.05, 0) is 5.92 Å². The molecule has 0 radical (unpaired) electrons. The average Bonchev–Trinajstić information content (AvgIpc) is 2.74. The van der Waals surface area contributed by atoms with Crippen molar-refractivity contribution in [3.05, 3.63) is 11.1 Å². The van der Waals surface area contributed by atoms with Crippen LogP contribution in [0.5, 0.6) is 0 Å². The first-order valence-electron chi connectivity index (χ1n) is 5.90. The maximum Gasteiger partial charge on any atom is 0.303 e. The van der Waals surface area contributed by atoms with Gasteiger partial charge in [0.25, 0.3) is 0 Å². The molecule has 0 fully saturated rings. The third kappa shape index (κ3) is 4.73. The van der Waals surface area contributed by atoms with Gasteiger partial charge in [-0.25, -0.2) is 4.98 Å². The molecule has 0 aliphatic heterocycles. The van der Waals surface area contributed by atoms with Gasteiger partial charge in [0.15, 0.2) is 5.13 Å². The summed E-state index contributed by atoms with van der Waals surface area (Å²) in [6.07, 6.45) is 1.82. The van der Waals surface area contributed by atoms with Crippen LogP contribution >= 0.6 is 11.3 Å². The molecule has 0 aliphatic carbocycles. The second kappa shape index (κ2) is 6.59. The van der Waals surface area contributed by atoms with Crippen LogP contribution in [0.2, 0.25) is 0 Å². The minimum atomic E-state index is -0.771. The molecule has 1 aromatic heterocycles. The lowest BCUT2D eigenvalue weighted by Crippen LogP contribution is -2.23. The van der Waals surface area contributed by atoms with Gasteiger partial charge in [0.1, 0.15) is 0 Å². The van der Waals surface area contributed by atoms with E-state index in [1.54, 1.807) is 11.3 Å². The van der Waals surface area contributed by atoms with Gasteiger partial charge < -0.3 is 10.0 Å². The highest BCUT2D eigenvalue weighted by atomic mass is 32.1. The van der Waals surface area contributed by atoms with Gasteiger partial charge in [-0.15, -0.1) is 11.3 Å². The molecule has 96 valence electrons. The number of hydrogen-bond acceptors (Lipinski definition) is 4. The number of hydrogen-bond donors (Lipinski definition) is 1. The molecule has 5 heteroatoms. The lowest BCUT2D eigenvalue weighted by molar-refractivity contribution is -0.136. The highest BCUT2D eigenvalue weighted by Crippen LogP contribution is 2.21. The van der Waals surface area contributed by atoms with Crippen LogP contribution in [0, 0.1) is 5.92 Å². The van der Waals surface area contributed by atoms with Crippen LogP contribution in [-0.2, 0) is 11.2 Å². The van der Waals surface area contributed by atoms with Gasteiger partial charge in [-0.1, -0.05) is 20.3 Å². The SMILES string of the molecule is CCC(C)CN(C)c1nc(CCC(=O)O)cs1. The standard InChI is InChI=1S/C12H20N2O2S/c1-4-9(2)7-14(3)12-13-10(8-17-12)5-6-11(15)16/h8-9H,4-7H2,1-3H3,(H,15,16). The fourth-order valence-corrected chi connectivity index (χ4v) is 2.33. The first-order chi connectivity index (χ1) is 8.02. The Kier molecular flexibility index (Phi) is 5.41. The van der Waals surface area contributed by atoms with Crippen LogP contribution in [0.1, 0.15) is 32.4 Å². The summed E-state index contributed by atoms with van der Waals surface area (Å²) >= 11 is 1.58. The lowest BCUT2D eigenvalue weighted by atomic mass is 10.1. The summed E-state index contributed by atoms with van der Waals surface area (Å²) in [6.45, 7) is 5.39. The Hall–Kier alpha value is -1.10. The van der Waals surface area contributed by atoms with E-state index in [2.05, 4.69) is 23.7 Å². The molecule has 1 atom stereocenters. The molecule has 1 heterocycles. The molecule has 0 bridgehead atoms. The molecule has 0 aromatic carbocycles. The number of thiazole rings is 1. The summed E-state index contributed by atoms with van der Waals surface area (Å²) in [5.41, 5.74) is 0.878. The van der Waals surface area contributed by atoms with Gasteiger partial charge in [-0.3, -0.25) is 4.79 Å². The van der Waals surface area contributed by atoms with Gasteiger partial charge in [-0.2, -0.15) is 0 Å². The lowest BCUT2D eigenvalue weighted by Gasteiger charge is -2.19. The van der Waals surface area contributed by atoms with Crippen molar-refractivity contribution >= 4 is 22.4 Å². The van der Waals surface area contributed by atoms with Crippen molar-refractivity contribution in [3.63, 3.8) is 0 Å². The van der Waals surface area contributed by atoms with E-state index in [0.29, 0.717) is 12.3 Å². The van der Waals surface area contributed by atoms with Crippen LogP contribution < -0.4 is 4.90 Å². The average molecular weight is 256 g/mol.